The summed E-state index contributed by atoms with van der Waals surface area (Å²) in [5, 5.41) is 0. The van der Waals surface area contributed by atoms with Crippen LogP contribution in [-0.4, -0.2) is 18.5 Å². The van der Waals surface area contributed by atoms with Crippen molar-refractivity contribution in [3.8, 4) is 0 Å². The second-order valence-corrected chi connectivity index (χ2v) is 5.30. The maximum absolute atomic E-state index is 10.5. The van der Waals surface area contributed by atoms with Crippen LogP contribution in [0.15, 0.2) is 0 Å². The molecule has 0 amide bonds. The van der Waals surface area contributed by atoms with E-state index in [1.165, 1.54) is 71.1 Å². The molecule has 0 N–H and O–H groups in total. The van der Waals surface area contributed by atoms with E-state index in [0.29, 0.717) is 6.61 Å². The summed E-state index contributed by atoms with van der Waals surface area (Å²) in [5.41, 5.74) is 0. The van der Waals surface area contributed by atoms with Crippen molar-refractivity contribution in [2.75, 3.05) is 12.5 Å². The van der Waals surface area contributed by atoms with Crippen LogP contribution in [0.25, 0.3) is 0 Å². The summed E-state index contributed by atoms with van der Waals surface area (Å²) in [6.07, 6.45) is 14.0. The molecule has 3 heteroatoms. The number of hydrogen-bond acceptors (Lipinski definition) is 2. The molecule has 0 bridgehead atoms. The van der Waals surface area contributed by atoms with Crippen LogP contribution in [0.5, 0.6) is 0 Å². The zero-order valence-corrected chi connectivity index (χ0v) is 12.6. The van der Waals surface area contributed by atoms with Gasteiger partial charge in [-0.1, -0.05) is 57.8 Å². The highest BCUT2D eigenvalue weighted by Gasteiger charge is 1.95. The summed E-state index contributed by atoms with van der Waals surface area (Å²) in [5.74, 6) is 0.650. The predicted molar refractivity (Wildman–Crippen MR) is 78.1 cm³/mol. The SMILES string of the molecule is CC(=O)OCCCCCCCCCCCCCCl. The van der Waals surface area contributed by atoms with Crippen LogP contribution in [0.1, 0.15) is 77.6 Å². The number of carbonyl (C=O) groups excluding carboxylic acids is 1. The van der Waals surface area contributed by atoms with Crippen LogP contribution in [0.2, 0.25) is 0 Å². The molecule has 0 rings (SSSR count). The normalized spacial score (nSPS) is 10.6. The first-order valence-electron chi connectivity index (χ1n) is 7.46. The minimum Gasteiger partial charge on any atom is -0.466 e. The van der Waals surface area contributed by atoms with Crippen molar-refractivity contribution in [3.05, 3.63) is 0 Å². The molecule has 0 aliphatic carbocycles. The maximum atomic E-state index is 10.5. The number of carbonyl (C=O) groups is 1. The standard InChI is InChI=1S/C15H29ClO2/c1-15(17)18-14-12-10-8-6-4-2-3-5-7-9-11-13-16/h2-14H2,1H3. The molecule has 0 radical (unpaired) electrons. The fourth-order valence-corrected chi connectivity index (χ4v) is 2.19. The molecule has 0 saturated heterocycles. The summed E-state index contributed by atoms with van der Waals surface area (Å²) in [7, 11) is 0. The molecule has 0 unspecified atom stereocenters. The summed E-state index contributed by atoms with van der Waals surface area (Å²) in [6.45, 7) is 2.06. The van der Waals surface area contributed by atoms with Gasteiger partial charge in [0.05, 0.1) is 6.61 Å². The molecular formula is C15H29ClO2. The predicted octanol–water partition coefficient (Wildman–Crippen LogP) is 5.08. The van der Waals surface area contributed by atoms with E-state index in [4.69, 9.17) is 16.3 Å². The number of rotatable bonds is 13. The topological polar surface area (TPSA) is 26.3 Å². The van der Waals surface area contributed by atoms with E-state index < -0.39 is 0 Å². The van der Waals surface area contributed by atoms with Crippen molar-refractivity contribution in [2.24, 2.45) is 0 Å². The fraction of sp³-hybridized carbons (Fsp3) is 0.933. The van der Waals surface area contributed by atoms with Crippen molar-refractivity contribution < 1.29 is 9.53 Å². The molecule has 2 nitrogen and oxygen atoms in total. The van der Waals surface area contributed by atoms with Crippen LogP contribution in [0, 0.1) is 0 Å². The molecule has 0 aromatic carbocycles. The van der Waals surface area contributed by atoms with E-state index in [2.05, 4.69) is 0 Å². The highest BCUT2D eigenvalue weighted by atomic mass is 35.5. The highest BCUT2D eigenvalue weighted by molar-refractivity contribution is 6.17. The molecule has 0 aliphatic rings. The third kappa shape index (κ3) is 15.8. The highest BCUT2D eigenvalue weighted by Crippen LogP contribution is 2.11. The minimum atomic E-state index is -0.163. The smallest absolute Gasteiger partial charge is 0.302 e. The zero-order chi connectivity index (χ0) is 13.5. The zero-order valence-electron chi connectivity index (χ0n) is 11.9. The van der Waals surface area contributed by atoms with Gasteiger partial charge in [0.25, 0.3) is 0 Å². The summed E-state index contributed by atoms with van der Waals surface area (Å²) in [6, 6.07) is 0. The molecule has 0 aromatic rings. The van der Waals surface area contributed by atoms with Gasteiger partial charge in [-0.2, -0.15) is 0 Å². The molecule has 0 aromatic heterocycles. The number of alkyl halides is 1. The lowest BCUT2D eigenvalue weighted by atomic mass is 10.1. The van der Waals surface area contributed by atoms with Crippen LogP contribution in [0.3, 0.4) is 0 Å². The van der Waals surface area contributed by atoms with E-state index in [1.807, 2.05) is 0 Å². The second-order valence-electron chi connectivity index (χ2n) is 4.92. The van der Waals surface area contributed by atoms with Crippen molar-refractivity contribution >= 4 is 17.6 Å². The minimum absolute atomic E-state index is 0.163. The second kappa shape index (κ2) is 14.8. The van der Waals surface area contributed by atoms with Gasteiger partial charge >= 0.3 is 5.97 Å². The maximum Gasteiger partial charge on any atom is 0.302 e. The average molecular weight is 277 g/mol. The van der Waals surface area contributed by atoms with Crippen LogP contribution in [0.4, 0.5) is 0 Å². The van der Waals surface area contributed by atoms with Crippen LogP contribution >= 0.6 is 11.6 Å². The molecule has 0 spiro atoms. The lowest BCUT2D eigenvalue weighted by Crippen LogP contribution is -2.00. The number of unbranched alkanes of at least 4 members (excludes halogenated alkanes) is 10. The van der Waals surface area contributed by atoms with Gasteiger partial charge in [-0.3, -0.25) is 4.79 Å². The lowest BCUT2D eigenvalue weighted by Gasteiger charge is -2.03. The molecular weight excluding hydrogens is 248 g/mol. The summed E-state index contributed by atoms with van der Waals surface area (Å²) < 4.78 is 4.89. The van der Waals surface area contributed by atoms with Gasteiger partial charge in [-0.25, -0.2) is 0 Å². The van der Waals surface area contributed by atoms with E-state index in [-0.39, 0.29) is 5.97 Å². The number of hydrogen-bond donors (Lipinski definition) is 0. The van der Waals surface area contributed by atoms with Crippen molar-refractivity contribution in [1.29, 1.82) is 0 Å². The Morgan fingerprint density at radius 1 is 0.778 bits per heavy atom. The Morgan fingerprint density at radius 2 is 1.17 bits per heavy atom. The van der Waals surface area contributed by atoms with Gasteiger partial charge in [0.1, 0.15) is 0 Å². The number of ether oxygens (including phenoxy) is 1. The third-order valence-corrected chi connectivity index (χ3v) is 3.35. The molecule has 0 fully saturated rings. The Labute approximate surface area is 117 Å². The largest absolute Gasteiger partial charge is 0.466 e. The molecule has 0 aliphatic heterocycles. The molecule has 0 heterocycles. The Morgan fingerprint density at radius 3 is 1.56 bits per heavy atom. The average Bonchev–Trinajstić information content (AvgIpc) is 2.34. The number of halogens is 1. The monoisotopic (exact) mass is 276 g/mol. The Hall–Kier alpha value is -0.240. The van der Waals surface area contributed by atoms with E-state index in [9.17, 15) is 4.79 Å². The van der Waals surface area contributed by atoms with E-state index in [1.54, 1.807) is 0 Å². The van der Waals surface area contributed by atoms with E-state index >= 15 is 0 Å². The van der Waals surface area contributed by atoms with Gasteiger partial charge in [0.15, 0.2) is 0 Å². The molecule has 18 heavy (non-hydrogen) atoms. The Kier molecular flexibility index (Phi) is 14.6. The fourth-order valence-electron chi connectivity index (χ4n) is 2.00. The first-order chi connectivity index (χ1) is 8.77. The molecule has 0 saturated carbocycles. The molecule has 108 valence electrons. The van der Waals surface area contributed by atoms with Crippen LogP contribution < -0.4 is 0 Å². The third-order valence-electron chi connectivity index (χ3n) is 3.08. The lowest BCUT2D eigenvalue weighted by molar-refractivity contribution is -0.141. The first kappa shape index (κ1) is 17.8. The number of esters is 1. The summed E-state index contributed by atoms with van der Waals surface area (Å²) >= 11 is 5.62. The summed E-state index contributed by atoms with van der Waals surface area (Å²) in [4.78, 5) is 10.5. The van der Waals surface area contributed by atoms with Gasteiger partial charge in [0.2, 0.25) is 0 Å². The molecule has 0 atom stereocenters. The Balaban J connectivity index is 2.92. The Bertz CT molecular complexity index is 183. The van der Waals surface area contributed by atoms with Gasteiger partial charge < -0.3 is 4.74 Å². The van der Waals surface area contributed by atoms with Gasteiger partial charge in [-0.15, -0.1) is 11.6 Å². The van der Waals surface area contributed by atoms with Crippen molar-refractivity contribution in [3.63, 3.8) is 0 Å². The quantitative estimate of drug-likeness (QED) is 0.266. The first-order valence-corrected chi connectivity index (χ1v) is 8.00. The van der Waals surface area contributed by atoms with Crippen molar-refractivity contribution in [1.82, 2.24) is 0 Å². The van der Waals surface area contributed by atoms with E-state index in [0.717, 1.165) is 12.3 Å². The van der Waals surface area contributed by atoms with Gasteiger partial charge in [0, 0.05) is 12.8 Å². The van der Waals surface area contributed by atoms with Crippen LogP contribution in [-0.2, 0) is 9.53 Å². The van der Waals surface area contributed by atoms with Gasteiger partial charge in [-0.05, 0) is 12.8 Å². The van der Waals surface area contributed by atoms with Crippen molar-refractivity contribution in [2.45, 2.75) is 77.6 Å².